The summed E-state index contributed by atoms with van der Waals surface area (Å²) in [4.78, 5) is 11.5. The van der Waals surface area contributed by atoms with Gasteiger partial charge in [0.1, 0.15) is 12.4 Å². The van der Waals surface area contributed by atoms with E-state index in [-0.39, 0.29) is 24.4 Å². The van der Waals surface area contributed by atoms with Crippen LogP contribution in [0.25, 0.3) is 0 Å². The Bertz CT molecular complexity index is 384. The SMILES string of the molecule is COCCOCC(=O)NC(C)c1cccc(F)c1. The van der Waals surface area contributed by atoms with Crippen molar-refractivity contribution in [1.82, 2.24) is 5.32 Å². The lowest BCUT2D eigenvalue weighted by Crippen LogP contribution is -2.30. The molecule has 1 aromatic rings. The largest absolute Gasteiger partial charge is 0.382 e. The lowest BCUT2D eigenvalue weighted by atomic mass is 10.1. The number of halogens is 1. The molecule has 1 rings (SSSR count). The molecular formula is C13H18FNO3. The molecule has 0 bridgehead atoms. The summed E-state index contributed by atoms with van der Waals surface area (Å²) in [6, 6.07) is 5.89. The highest BCUT2D eigenvalue weighted by molar-refractivity contribution is 5.77. The minimum absolute atomic E-state index is 0.0248. The normalized spacial score (nSPS) is 12.2. The van der Waals surface area contributed by atoms with E-state index in [4.69, 9.17) is 9.47 Å². The Balaban J connectivity index is 2.35. The summed E-state index contributed by atoms with van der Waals surface area (Å²) >= 11 is 0. The van der Waals surface area contributed by atoms with Gasteiger partial charge in [-0.25, -0.2) is 4.39 Å². The summed E-state index contributed by atoms with van der Waals surface area (Å²) in [5, 5.41) is 2.73. The van der Waals surface area contributed by atoms with Crippen molar-refractivity contribution in [3.63, 3.8) is 0 Å². The Morgan fingerprint density at radius 3 is 2.89 bits per heavy atom. The third kappa shape index (κ3) is 5.25. The maximum atomic E-state index is 13.0. The van der Waals surface area contributed by atoms with Gasteiger partial charge in [-0.05, 0) is 24.6 Å². The number of benzene rings is 1. The van der Waals surface area contributed by atoms with Crippen molar-refractivity contribution >= 4 is 5.91 Å². The zero-order chi connectivity index (χ0) is 13.4. The summed E-state index contributed by atoms with van der Waals surface area (Å²) in [5.41, 5.74) is 0.722. The van der Waals surface area contributed by atoms with Crippen LogP contribution in [0, 0.1) is 5.82 Å². The fourth-order valence-electron chi connectivity index (χ4n) is 1.45. The molecule has 0 spiro atoms. The third-order valence-electron chi connectivity index (χ3n) is 2.39. The predicted molar refractivity (Wildman–Crippen MR) is 65.7 cm³/mol. The van der Waals surface area contributed by atoms with Gasteiger partial charge in [-0.3, -0.25) is 4.79 Å². The molecule has 1 unspecified atom stereocenters. The van der Waals surface area contributed by atoms with Gasteiger partial charge in [-0.2, -0.15) is 0 Å². The van der Waals surface area contributed by atoms with Crippen molar-refractivity contribution in [3.05, 3.63) is 35.6 Å². The summed E-state index contributed by atoms with van der Waals surface area (Å²) in [6.45, 7) is 2.59. The minimum Gasteiger partial charge on any atom is -0.382 e. The first-order valence-electron chi connectivity index (χ1n) is 5.75. The van der Waals surface area contributed by atoms with E-state index < -0.39 is 0 Å². The fourth-order valence-corrected chi connectivity index (χ4v) is 1.45. The highest BCUT2D eigenvalue weighted by Gasteiger charge is 2.09. The van der Waals surface area contributed by atoms with E-state index in [1.807, 2.05) is 0 Å². The van der Waals surface area contributed by atoms with Gasteiger partial charge in [0.05, 0.1) is 19.3 Å². The molecule has 18 heavy (non-hydrogen) atoms. The van der Waals surface area contributed by atoms with Gasteiger partial charge in [0.25, 0.3) is 0 Å². The molecule has 0 heterocycles. The molecule has 100 valence electrons. The number of hydrogen-bond acceptors (Lipinski definition) is 3. The minimum atomic E-state index is -0.315. The van der Waals surface area contributed by atoms with Crippen molar-refractivity contribution in [2.45, 2.75) is 13.0 Å². The molecule has 0 saturated carbocycles. The molecule has 1 atom stereocenters. The third-order valence-corrected chi connectivity index (χ3v) is 2.39. The van der Waals surface area contributed by atoms with E-state index in [1.54, 1.807) is 26.2 Å². The second-order valence-electron chi connectivity index (χ2n) is 3.89. The van der Waals surface area contributed by atoms with Crippen molar-refractivity contribution in [1.29, 1.82) is 0 Å². The van der Waals surface area contributed by atoms with Crippen LogP contribution in [0.4, 0.5) is 4.39 Å². The lowest BCUT2D eigenvalue weighted by Gasteiger charge is -2.14. The molecule has 0 aromatic heterocycles. The van der Waals surface area contributed by atoms with Gasteiger partial charge in [0.15, 0.2) is 0 Å². The first-order chi connectivity index (χ1) is 8.63. The van der Waals surface area contributed by atoms with Gasteiger partial charge in [0.2, 0.25) is 5.91 Å². The molecule has 5 heteroatoms. The van der Waals surface area contributed by atoms with Crippen LogP contribution >= 0.6 is 0 Å². The molecule has 0 saturated heterocycles. The number of hydrogen-bond donors (Lipinski definition) is 1. The van der Waals surface area contributed by atoms with Gasteiger partial charge < -0.3 is 14.8 Å². The fraction of sp³-hybridized carbons (Fsp3) is 0.462. The molecule has 4 nitrogen and oxygen atoms in total. The lowest BCUT2D eigenvalue weighted by molar-refractivity contribution is -0.126. The molecule has 1 amide bonds. The standard InChI is InChI=1S/C13H18FNO3/c1-10(11-4-3-5-12(14)8-11)15-13(16)9-18-7-6-17-2/h3-5,8,10H,6-7,9H2,1-2H3,(H,15,16). The van der Waals surface area contributed by atoms with Gasteiger partial charge in [-0.1, -0.05) is 12.1 Å². The van der Waals surface area contributed by atoms with Crippen LogP contribution in [-0.2, 0) is 14.3 Å². The van der Waals surface area contributed by atoms with Gasteiger partial charge >= 0.3 is 0 Å². The molecule has 1 N–H and O–H groups in total. The zero-order valence-electron chi connectivity index (χ0n) is 10.6. The van der Waals surface area contributed by atoms with Crippen molar-refractivity contribution in [3.8, 4) is 0 Å². The summed E-state index contributed by atoms with van der Waals surface area (Å²) in [7, 11) is 1.56. The Morgan fingerprint density at radius 1 is 1.44 bits per heavy atom. The van der Waals surface area contributed by atoms with Crippen LogP contribution in [0.15, 0.2) is 24.3 Å². The molecule has 0 aliphatic heterocycles. The molecular weight excluding hydrogens is 237 g/mol. The topological polar surface area (TPSA) is 47.6 Å². The van der Waals surface area contributed by atoms with Crippen LogP contribution in [-0.4, -0.2) is 32.8 Å². The summed E-state index contributed by atoms with van der Waals surface area (Å²) < 4.78 is 22.9. The Hall–Kier alpha value is -1.46. The maximum Gasteiger partial charge on any atom is 0.246 e. The second-order valence-corrected chi connectivity index (χ2v) is 3.89. The smallest absolute Gasteiger partial charge is 0.246 e. The Labute approximate surface area is 106 Å². The van der Waals surface area contributed by atoms with Gasteiger partial charge in [-0.15, -0.1) is 0 Å². The van der Waals surface area contributed by atoms with E-state index in [2.05, 4.69) is 5.32 Å². The monoisotopic (exact) mass is 255 g/mol. The van der Waals surface area contributed by atoms with Crippen molar-refractivity contribution in [2.75, 3.05) is 26.9 Å². The number of rotatable bonds is 7. The number of carbonyl (C=O) groups excluding carboxylic acids is 1. The van der Waals surface area contributed by atoms with E-state index in [0.29, 0.717) is 13.2 Å². The number of nitrogens with one attached hydrogen (secondary N) is 1. The first kappa shape index (κ1) is 14.6. The second kappa shape index (κ2) is 7.79. The number of ether oxygens (including phenoxy) is 2. The van der Waals surface area contributed by atoms with E-state index in [0.717, 1.165) is 5.56 Å². The maximum absolute atomic E-state index is 13.0. The van der Waals surface area contributed by atoms with E-state index in [1.165, 1.54) is 12.1 Å². The van der Waals surface area contributed by atoms with Crippen LogP contribution < -0.4 is 5.32 Å². The molecule has 0 radical (unpaired) electrons. The van der Waals surface area contributed by atoms with Crippen LogP contribution in [0.1, 0.15) is 18.5 Å². The summed E-state index contributed by atoms with van der Waals surface area (Å²) in [5.74, 6) is -0.548. The molecule has 0 fully saturated rings. The molecule has 0 aliphatic rings. The highest BCUT2D eigenvalue weighted by Crippen LogP contribution is 2.13. The molecule has 1 aromatic carbocycles. The van der Waals surface area contributed by atoms with Crippen LogP contribution in [0.5, 0.6) is 0 Å². The number of carbonyl (C=O) groups is 1. The highest BCUT2D eigenvalue weighted by atomic mass is 19.1. The van der Waals surface area contributed by atoms with E-state index >= 15 is 0 Å². The number of methoxy groups -OCH3 is 1. The predicted octanol–water partition coefficient (Wildman–Crippen LogP) is 1.67. The first-order valence-corrected chi connectivity index (χ1v) is 5.75. The Kier molecular flexibility index (Phi) is 6.32. The van der Waals surface area contributed by atoms with Gasteiger partial charge in [0, 0.05) is 7.11 Å². The van der Waals surface area contributed by atoms with E-state index in [9.17, 15) is 9.18 Å². The summed E-state index contributed by atoms with van der Waals surface area (Å²) in [6.07, 6.45) is 0. The van der Waals surface area contributed by atoms with Crippen molar-refractivity contribution < 1.29 is 18.7 Å². The average Bonchev–Trinajstić information content (AvgIpc) is 2.34. The van der Waals surface area contributed by atoms with Crippen LogP contribution in [0.2, 0.25) is 0 Å². The Morgan fingerprint density at radius 2 is 2.22 bits per heavy atom. The zero-order valence-corrected chi connectivity index (χ0v) is 10.6. The average molecular weight is 255 g/mol. The van der Waals surface area contributed by atoms with Crippen molar-refractivity contribution in [2.24, 2.45) is 0 Å². The van der Waals surface area contributed by atoms with Crippen LogP contribution in [0.3, 0.4) is 0 Å². The number of amides is 1. The molecule has 0 aliphatic carbocycles. The quantitative estimate of drug-likeness (QED) is 0.754.